The van der Waals surface area contributed by atoms with Gasteiger partial charge in [0.05, 0.1) is 49.7 Å². The van der Waals surface area contributed by atoms with Crippen LogP contribution in [0.2, 0.25) is 0 Å². The standard InChI is InChI=1S/C24H48N6O11/c25-4-12-17(34)18(35)15(30)23(38-12)40-21-13(6-32)39-24(19(21)36)41-22-14(8(27)3-9(28)16(22)33)20-7(26)1-2-11(37-20)10(29)5-31/h7-24,31-36H,1-6,25-30H2/t7-,8+,9-,10+,11+,12+,13-,14?,15-,16+,17-,18-,19-,20+,21-,22+,23-,24+/m1/s1. The Hall–Kier alpha value is -0.680. The predicted molar refractivity (Wildman–Crippen MR) is 140 cm³/mol. The number of aliphatic hydroxyl groups is 6. The molecule has 0 aromatic rings. The Kier molecular flexibility index (Phi) is 11.3. The van der Waals surface area contributed by atoms with E-state index in [0.29, 0.717) is 12.8 Å². The molecule has 18 atom stereocenters. The van der Waals surface area contributed by atoms with E-state index in [2.05, 4.69) is 0 Å². The molecule has 4 fully saturated rings. The van der Waals surface area contributed by atoms with Crippen LogP contribution in [0.1, 0.15) is 19.3 Å². The molecule has 17 heteroatoms. The molecule has 18 N–H and O–H groups in total. The van der Waals surface area contributed by atoms with Gasteiger partial charge in [0, 0.05) is 30.6 Å². The van der Waals surface area contributed by atoms with Crippen molar-refractivity contribution in [2.24, 2.45) is 40.3 Å². The Morgan fingerprint density at radius 1 is 0.732 bits per heavy atom. The molecular formula is C24H48N6O11. The van der Waals surface area contributed by atoms with E-state index in [1.165, 1.54) is 0 Å². The molecule has 3 saturated heterocycles. The van der Waals surface area contributed by atoms with Crippen LogP contribution in [0.3, 0.4) is 0 Å². The maximum atomic E-state index is 11.2. The Labute approximate surface area is 237 Å². The smallest absolute Gasteiger partial charge is 0.187 e. The molecule has 4 aliphatic rings. The van der Waals surface area contributed by atoms with E-state index in [-0.39, 0.29) is 19.6 Å². The van der Waals surface area contributed by atoms with Gasteiger partial charge in [0.25, 0.3) is 0 Å². The number of ether oxygens (including phenoxy) is 5. The number of nitrogens with two attached hydrogens (primary N) is 6. The summed E-state index contributed by atoms with van der Waals surface area (Å²) in [5.41, 5.74) is 36.8. The van der Waals surface area contributed by atoms with Crippen molar-refractivity contribution in [2.75, 3.05) is 19.8 Å². The summed E-state index contributed by atoms with van der Waals surface area (Å²) in [6, 6.07) is -3.73. The number of hydrogen-bond donors (Lipinski definition) is 12. The lowest BCUT2D eigenvalue weighted by Gasteiger charge is -2.50. The second-order valence-electron chi connectivity index (χ2n) is 11.6. The van der Waals surface area contributed by atoms with E-state index in [1.54, 1.807) is 0 Å². The molecule has 3 aliphatic heterocycles. The number of aliphatic hydroxyl groups excluding tert-OH is 6. The van der Waals surface area contributed by atoms with Crippen molar-refractivity contribution in [3.05, 3.63) is 0 Å². The first-order valence-corrected chi connectivity index (χ1v) is 14.1. The van der Waals surface area contributed by atoms with Crippen molar-refractivity contribution in [2.45, 2.75) is 123 Å². The van der Waals surface area contributed by atoms with Gasteiger partial charge in [0.15, 0.2) is 12.6 Å². The quantitative estimate of drug-likeness (QED) is 0.117. The molecule has 0 aromatic heterocycles. The minimum atomic E-state index is -1.53. The Bertz CT molecular complexity index is 837. The molecule has 3 heterocycles. The molecular weight excluding hydrogens is 548 g/mol. The topological polar surface area (TPSA) is 324 Å². The SMILES string of the molecule is NC[C@@H]1O[C@H](O[C@H]2[C@@H](O)[C@H](O[C@H]3C([C@H]4O[C@H]([C@@H](N)CO)CC[C@H]4N)[C@@H](N)C[C@@H](N)[C@@H]3O)O[C@@H]2CO)[C@H](N)[C@@H](O)[C@@H]1O. The van der Waals surface area contributed by atoms with E-state index in [1.807, 2.05) is 0 Å². The van der Waals surface area contributed by atoms with Crippen LogP contribution in [-0.2, 0) is 23.7 Å². The third-order valence-corrected chi connectivity index (χ3v) is 8.83. The van der Waals surface area contributed by atoms with Gasteiger partial charge in [0.1, 0.15) is 36.6 Å². The summed E-state index contributed by atoms with van der Waals surface area (Å²) in [4.78, 5) is 0. The highest BCUT2D eigenvalue weighted by Crippen LogP contribution is 2.38. The van der Waals surface area contributed by atoms with Crippen LogP contribution in [0.4, 0.5) is 0 Å². The molecule has 0 bridgehead atoms. The van der Waals surface area contributed by atoms with Gasteiger partial charge in [-0.1, -0.05) is 0 Å². The minimum Gasteiger partial charge on any atom is -0.395 e. The predicted octanol–water partition coefficient (Wildman–Crippen LogP) is -7.20. The van der Waals surface area contributed by atoms with Crippen LogP contribution in [0.5, 0.6) is 0 Å². The van der Waals surface area contributed by atoms with Crippen LogP contribution >= 0.6 is 0 Å². The van der Waals surface area contributed by atoms with E-state index in [9.17, 15) is 30.6 Å². The molecule has 1 unspecified atom stereocenters. The average Bonchev–Trinajstić information content (AvgIpc) is 3.25. The highest BCUT2D eigenvalue weighted by Gasteiger charge is 2.55. The summed E-state index contributed by atoms with van der Waals surface area (Å²) in [5.74, 6) is -0.700. The monoisotopic (exact) mass is 596 g/mol. The lowest BCUT2D eigenvalue weighted by atomic mass is 9.72. The number of hydrogen-bond acceptors (Lipinski definition) is 17. The van der Waals surface area contributed by atoms with Gasteiger partial charge < -0.3 is 88.7 Å². The Morgan fingerprint density at radius 3 is 2.02 bits per heavy atom. The Balaban J connectivity index is 1.52. The summed E-state index contributed by atoms with van der Waals surface area (Å²) < 4.78 is 29.6. The van der Waals surface area contributed by atoms with E-state index < -0.39 is 116 Å². The van der Waals surface area contributed by atoms with Crippen molar-refractivity contribution in [1.82, 2.24) is 0 Å². The Morgan fingerprint density at radius 2 is 1.39 bits per heavy atom. The van der Waals surface area contributed by atoms with Crippen molar-refractivity contribution >= 4 is 0 Å². The molecule has 1 saturated carbocycles. The summed E-state index contributed by atoms with van der Waals surface area (Å²) in [6.07, 6.45) is -12.7. The van der Waals surface area contributed by atoms with Gasteiger partial charge in [-0.05, 0) is 19.3 Å². The average molecular weight is 597 g/mol. The third kappa shape index (κ3) is 6.71. The minimum absolute atomic E-state index is 0.138. The maximum absolute atomic E-state index is 11.2. The normalized spacial score (nSPS) is 52.0. The zero-order chi connectivity index (χ0) is 30.2. The van der Waals surface area contributed by atoms with Crippen molar-refractivity contribution in [3.8, 4) is 0 Å². The summed E-state index contributed by atoms with van der Waals surface area (Å²) in [6.45, 7) is -1.03. The lowest BCUT2D eigenvalue weighted by Crippen LogP contribution is -2.67. The fourth-order valence-corrected chi connectivity index (χ4v) is 6.34. The van der Waals surface area contributed by atoms with Crippen LogP contribution in [0.25, 0.3) is 0 Å². The molecule has 0 spiro atoms. The van der Waals surface area contributed by atoms with Crippen molar-refractivity contribution < 1.29 is 54.3 Å². The summed E-state index contributed by atoms with van der Waals surface area (Å²) in [7, 11) is 0. The highest BCUT2D eigenvalue weighted by molar-refractivity contribution is 5.05. The van der Waals surface area contributed by atoms with Crippen LogP contribution in [0, 0.1) is 5.92 Å². The van der Waals surface area contributed by atoms with E-state index >= 15 is 0 Å². The zero-order valence-corrected chi connectivity index (χ0v) is 22.8. The van der Waals surface area contributed by atoms with Crippen molar-refractivity contribution in [1.29, 1.82) is 0 Å². The van der Waals surface area contributed by atoms with Gasteiger partial charge in [-0.25, -0.2) is 0 Å². The second kappa shape index (κ2) is 14.0. The fourth-order valence-electron chi connectivity index (χ4n) is 6.34. The first-order valence-electron chi connectivity index (χ1n) is 14.1. The van der Waals surface area contributed by atoms with E-state index in [0.717, 1.165) is 0 Å². The molecule has 0 amide bonds. The van der Waals surface area contributed by atoms with Gasteiger partial charge in [-0.2, -0.15) is 0 Å². The molecule has 0 aromatic carbocycles. The van der Waals surface area contributed by atoms with Crippen LogP contribution in [-0.4, -0.2) is 154 Å². The molecule has 4 rings (SSSR count). The molecule has 17 nitrogen and oxygen atoms in total. The maximum Gasteiger partial charge on any atom is 0.187 e. The second-order valence-corrected chi connectivity index (χ2v) is 11.6. The van der Waals surface area contributed by atoms with Gasteiger partial charge in [-0.3, -0.25) is 0 Å². The lowest BCUT2D eigenvalue weighted by molar-refractivity contribution is -0.280. The van der Waals surface area contributed by atoms with Crippen molar-refractivity contribution in [3.63, 3.8) is 0 Å². The third-order valence-electron chi connectivity index (χ3n) is 8.83. The summed E-state index contributed by atoms with van der Waals surface area (Å²) >= 11 is 0. The summed E-state index contributed by atoms with van der Waals surface area (Å²) in [5, 5.41) is 62.3. The molecule has 41 heavy (non-hydrogen) atoms. The molecule has 1 aliphatic carbocycles. The van der Waals surface area contributed by atoms with Crippen LogP contribution in [0.15, 0.2) is 0 Å². The zero-order valence-electron chi connectivity index (χ0n) is 22.8. The van der Waals surface area contributed by atoms with Crippen LogP contribution < -0.4 is 34.4 Å². The van der Waals surface area contributed by atoms with Gasteiger partial charge in [0.2, 0.25) is 0 Å². The largest absolute Gasteiger partial charge is 0.395 e. The fraction of sp³-hybridized carbons (Fsp3) is 1.00. The first kappa shape index (κ1) is 33.2. The van der Waals surface area contributed by atoms with Gasteiger partial charge >= 0.3 is 0 Å². The molecule has 0 radical (unpaired) electrons. The van der Waals surface area contributed by atoms with Gasteiger partial charge in [-0.15, -0.1) is 0 Å². The highest BCUT2D eigenvalue weighted by atomic mass is 16.7. The first-order chi connectivity index (χ1) is 19.4. The van der Waals surface area contributed by atoms with E-state index in [4.69, 9.17) is 58.1 Å². The molecule has 240 valence electrons. The number of rotatable bonds is 9.